The van der Waals surface area contributed by atoms with Crippen LogP contribution in [0.3, 0.4) is 0 Å². The van der Waals surface area contributed by atoms with Gasteiger partial charge in [0, 0.05) is 6.04 Å². The quantitative estimate of drug-likeness (QED) is 0.641. The average molecular weight is 197 g/mol. The van der Waals surface area contributed by atoms with Crippen molar-refractivity contribution in [3.8, 4) is 0 Å². The van der Waals surface area contributed by atoms with Gasteiger partial charge in [-0.25, -0.2) is 0 Å². The molecule has 3 rings (SSSR count). The molecule has 3 aliphatic rings. The fourth-order valence-corrected chi connectivity index (χ4v) is 2.71. The van der Waals surface area contributed by atoms with Gasteiger partial charge < -0.3 is 4.74 Å². The van der Waals surface area contributed by atoms with Gasteiger partial charge in [0.05, 0.1) is 13.0 Å². The molecule has 0 radical (unpaired) electrons. The Morgan fingerprint density at radius 3 is 2.64 bits per heavy atom. The van der Waals surface area contributed by atoms with Crippen molar-refractivity contribution in [3.05, 3.63) is 0 Å². The van der Waals surface area contributed by atoms with Gasteiger partial charge in [-0.15, -0.1) is 0 Å². The van der Waals surface area contributed by atoms with Crippen LogP contribution in [0.4, 0.5) is 0 Å². The zero-order valence-electron chi connectivity index (χ0n) is 8.87. The third-order valence-electron chi connectivity index (χ3n) is 3.48. The number of piperidine rings is 3. The van der Waals surface area contributed by atoms with E-state index in [4.69, 9.17) is 4.74 Å². The number of carbonyl (C=O) groups excluding carboxylic acids is 1. The Morgan fingerprint density at radius 2 is 2.14 bits per heavy atom. The molecule has 0 aromatic heterocycles. The van der Waals surface area contributed by atoms with Gasteiger partial charge in [0.15, 0.2) is 0 Å². The van der Waals surface area contributed by atoms with Gasteiger partial charge in [-0.05, 0) is 45.2 Å². The van der Waals surface area contributed by atoms with Crippen molar-refractivity contribution in [1.82, 2.24) is 4.90 Å². The summed E-state index contributed by atoms with van der Waals surface area (Å²) in [6, 6.07) is 0.474. The van der Waals surface area contributed by atoms with Gasteiger partial charge in [0.2, 0.25) is 0 Å². The molecule has 0 N–H and O–H groups in total. The monoisotopic (exact) mass is 197 g/mol. The summed E-state index contributed by atoms with van der Waals surface area (Å²) in [5, 5.41) is 0. The van der Waals surface area contributed by atoms with Crippen LogP contribution in [0.15, 0.2) is 0 Å². The Balaban J connectivity index is 1.83. The van der Waals surface area contributed by atoms with Gasteiger partial charge in [0.1, 0.15) is 0 Å². The zero-order valence-corrected chi connectivity index (χ0v) is 8.87. The van der Waals surface area contributed by atoms with Crippen LogP contribution in [-0.4, -0.2) is 36.6 Å². The number of hydrogen-bond acceptors (Lipinski definition) is 3. The molecular formula is C11H19NO2. The molecule has 0 amide bonds. The number of ether oxygens (including phenoxy) is 1. The summed E-state index contributed by atoms with van der Waals surface area (Å²) < 4.78 is 4.99. The SMILES string of the molecule is CCOC(=O)CC1CC2CCN1CC2. The van der Waals surface area contributed by atoms with Crippen molar-refractivity contribution in [1.29, 1.82) is 0 Å². The number of fused-ring (bicyclic) bond motifs is 3. The third-order valence-corrected chi connectivity index (χ3v) is 3.48. The third kappa shape index (κ3) is 2.08. The molecule has 3 nitrogen and oxygen atoms in total. The first kappa shape index (κ1) is 9.97. The van der Waals surface area contributed by atoms with Crippen LogP contribution in [0.1, 0.15) is 32.6 Å². The first-order valence-corrected chi connectivity index (χ1v) is 5.69. The zero-order chi connectivity index (χ0) is 9.97. The summed E-state index contributed by atoms with van der Waals surface area (Å²) in [6.45, 7) is 4.75. The van der Waals surface area contributed by atoms with Crippen molar-refractivity contribution in [2.24, 2.45) is 5.92 Å². The maximum atomic E-state index is 11.3. The predicted octanol–water partition coefficient (Wildman–Crippen LogP) is 1.42. The Labute approximate surface area is 85.4 Å². The average Bonchev–Trinajstić information content (AvgIpc) is 2.19. The Morgan fingerprint density at radius 1 is 1.43 bits per heavy atom. The Bertz CT molecular complexity index is 209. The normalized spacial score (nSPS) is 35.6. The fraction of sp³-hybridized carbons (Fsp3) is 0.909. The number of carbonyl (C=O) groups is 1. The maximum absolute atomic E-state index is 11.3. The highest BCUT2D eigenvalue weighted by Crippen LogP contribution is 2.33. The molecule has 2 bridgehead atoms. The van der Waals surface area contributed by atoms with E-state index in [9.17, 15) is 4.79 Å². The van der Waals surface area contributed by atoms with Crippen molar-refractivity contribution in [2.75, 3.05) is 19.7 Å². The van der Waals surface area contributed by atoms with E-state index >= 15 is 0 Å². The molecule has 3 heterocycles. The van der Waals surface area contributed by atoms with Crippen LogP contribution in [0.2, 0.25) is 0 Å². The van der Waals surface area contributed by atoms with E-state index in [0.29, 0.717) is 19.1 Å². The fourth-order valence-electron chi connectivity index (χ4n) is 2.71. The highest BCUT2D eigenvalue weighted by molar-refractivity contribution is 5.70. The molecular weight excluding hydrogens is 178 g/mol. The number of hydrogen-bond donors (Lipinski definition) is 0. The van der Waals surface area contributed by atoms with Crippen LogP contribution in [-0.2, 0) is 9.53 Å². The molecule has 1 atom stereocenters. The molecule has 3 fully saturated rings. The van der Waals surface area contributed by atoms with Gasteiger partial charge >= 0.3 is 5.97 Å². The van der Waals surface area contributed by atoms with E-state index in [2.05, 4.69) is 4.90 Å². The van der Waals surface area contributed by atoms with Crippen LogP contribution >= 0.6 is 0 Å². The van der Waals surface area contributed by atoms with Crippen LogP contribution in [0.5, 0.6) is 0 Å². The van der Waals surface area contributed by atoms with Crippen molar-refractivity contribution in [2.45, 2.75) is 38.6 Å². The summed E-state index contributed by atoms with van der Waals surface area (Å²) in [7, 11) is 0. The second-order valence-corrected chi connectivity index (χ2v) is 4.38. The predicted molar refractivity (Wildman–Crippen MR) is 54.0 cm³/mol. The summed E-state index contributed by atoms with van der Waals surface area (Å²) in [5.74, 6) is 0.851. The van der Waals surface area contributed by atoms with Gasteiger partial charge in [0.25, 0.3) is 0 Å². The van der Waals surface area contributed by atoms with Crippen molar-refractivity contribution >= 4 is 5.97 Å². The lowest BCUT2D eigenvalue weighted by molar-refractivity contribution is -0.145. The van der Waals surface area contributed by atoms with Crippen LogP contribution in [0.25, 0.3) is 0 Å². The standard InChI is InChI=1S/C11H19NO2/c1-2-14-11(13)8-10-7-9-3-5-12(10)6-4-9/h9-10H,2-8H2,1H3. The van der Waals surface area contributed by atoms with Gasteiger partial charge in [-0.2, -0.15) is 0 Å². The minimum absolute atomic E-state index is 0.0231. The molecule has 1 unspecified atom stereocenters. The lowest BCUT2D eigenvalue weighted by atomic mass is 9.82. The maximum Gasteiger partial charge on any atom is 0.307 e. The highest BCUT2D eigenvalue weighted by atomic mass is 16.5. The Hall–Kier alpha value is -0.570. The minimum Gasteiger partial charge on any atom is -0.466 e. The molecule has 0 aliphatic carbocycles. The molecule has 3 aliphatic heterocycles. The lowest BCUT2D eigenvalue weighted by Gasteiger charge is -2.45. The molecule has 80 valence electrons. The smallest absolute Gasteiger partial charge is 0.307 e. The number of nitrogens with zero attached hydrogens (tertiary/aromatic N) is 1. The van der Waals surface area contributed by atoms with E-state index in [1.54, 1.807) is 0 Å². The second kappa shape index (κ2) is 4.30. The molecule has 0 saturated carbocycles. The van der Waals surface area contributed by atoms with Gasteiger partial charge in [-0.1, -0.05) is 0 Å². The van der Waals surface area contributed by atoms with Crippen LogP contribution < -0.4 is 0 Å². The van der Waals surface area contributed by atoms with Gasteiger partial charge in [-0.3, -0.25) is 9.69 Å². The highest BCUT2D eigenvalue weighted by Gasteiger charge is 2.34. The van der Waals surface area contributed by atoms with E-state index in [1.807, 2.05) is 6.92 Å². The summed E-state index contributed by atoms with van der Waals surface area (Å²) in [4.78, 5) is 13.8. The topological polar surface area (TPSA) is 29.5 Å². The summed E-state index contributed by atoms with van der Waals surface area (Å²) in [6.07, 6.45) is 4.47. The van der Waals surface area contributed by atoms with Crippen molar-refractivity contribution < 1.29 is 9.53 Å². The Kier molecular flexibility index (Phi) is 3.06. The molecule has 3 saturated heterocycles. The molecule has 0 aromatic rings. The minimum atomic E-state index is -0.0231. The first-order chi connectivity index (χ1) is 6.79. The molecule has 0 aromatic carbocycles. The lowest BCUT2D eigenvalue weighted by Crippen LogP contribution is -2.49. The first-order valence-electron chi connectivity index (χ1n) is 5.69. The number of rotatable bonds is 3. The van der Waals surface area contributed by atoms with E-state index in [0.717, 1.165) is 5.92 Å². The summed E-state index contributed by atoms with van der Waals surface area (Å²) >= 11 is 0. The molecule has 0 spiro atoms. The summed E-state index contributed by atoms with van der Waals surface area (Å²) in [5.41, 5.74) is 0. The van der Waals surface area contributed by atoms with E-state index in [-0.39, 0.29) is 5.97 Å². The molecule has 14 heavy (non-hydrogen) atoms. The largest absolute Gasteiger partial charge is 0.466 e. The van der Waals surface area contributed by atoms with E-state index in [1.165, 1.54) is 32.4 Å². The second-order valence-electron chi connectivity index (χ2n) is 4.38. The molecule has 3 heteroatoms. The van der Waals surface area contributed by atoms with Crippen molar-refractivity contribution in [3.63, 3.8) is 0 Å². The van der Waals surface area contributed by atoms with E-state index < -0.39 is 0 Å². The van der Waals surface area contributed by atoms with Crippen LogP contribution in [0, 0.1) is 5.92 Å². The number of esters is 1.